The van der Waals surface area contributed by atoms with Crippen LogP contribution in [0.1, 0.15) is 41.8 Å². The zero-order valence-corrected chi connectivity index (χ0v) is 10.8. The summed E-state index contributed by atoms with van der Waals surface area (Å²) in [4.78, 5) is 12.0. The predicted molar refractivity (Wildman–Crippen MR) is 70.8 cm³/mol. The third-order valence-corrected chi connectivity index (χ3v) is 3.17. The highest BCUT2D eigenvalue weighted by Gasteiger charge is 2.32. The van der Waals surface area contributed by atoms with Crippen molar-refractivity contribution in [1.82, 2.24) is 5.32 Å². The van der Waals surface area contributed by atoms with Crippen LogP contribution in [-0.2, 0) is 17.7 Å². The number of carbonyl (C=O) groups excluding carboxylic acids is 1. The molecule has 4 nitrogen and oxygen atoms in total. The summed E-state index contributed by atoms with van der Waals surface area (Å²) in [6, 6.07) is 3.70. The predicted octanol–water partition coefficient (Wildman–Crippen LogP) is 0.606. The largest absolute Gasteiger partial charge is 0.492 e. The Labute approximate surface area is 107 Å². The molecule has 1 aromatic carbocycles. The Morgan fingerprint density at radius 1 is 1.50 bits per heavy atom. The van der Waals surface area contributed by atoms with E-state index in [1.807, 2.05) is 19.1 Å². The zero-order chi connectivity index (χ0) is 13.1. The van der Waals surface area contributed by atoms with E-state index in [9.17, 15) is 9.82 Å². The lowest BCUT2D eigenvalue weighted by atomic mass is 9.73. The van der Waals surface area contributed by atoms with E-state index in [-0.39, 0.29) is 5.91 Å². The second-order valence-electron chi connectivity index (χ2n) is 4.44. The van der Waals surface area contributed by atoms with Crippen molar-refractivity contribution in [2.75, 3.05) is 6.54 Å². The highest BCUT2D eigenvalue weighted by molar-refractivity contribution is 6.62. The van der Waals surface area contributed by atoms with Crippen molar-refractivity contribution in [2.24, 2.45) is 0 Å². The quantitative estimate of drug-likeness (QED) is 0.766. The Hall–Kier alpha value is -1.33. The SMILES string of the molecule is CCCc1c(C(=O)NCC)ccc2c1B(O)OC2. The van der Waals surface area contributed by atoms with Gasteiger partial charge in [0.05, 0.1) is 6.61 Å². The minimum Gasteiger partial charge on any atom is -0.423 e. The molecule has 1 heterocycles. The average molecular weight is 247 g/mol. The molecule has 0 unspecified atom stereocenters. The van der Waals surface area contributed by atoms with Crippen LogP contribution in [0.5, 0.6) is 0 Å². The van der Waals surface area contributed by atoms with Crippen molar-refractivity contribution in [3.8, 4) is 0 Å². The Morgan fingerprint density at radius 3 is 2.94 bits per heavy atom. The topological polar surface area (TPSA) is 58.6 Å². The molecule has 2 rings (SSSR count). The molecule has 0 spiro atoms. The molecule has 1 amide bonds. The summed E-state index contributed by atoms with van der Waals surface area (Å²) in [6.07, 6.45) is 1.70. The Morgan fingerprint density at radius 2 is 2.28 bits per heavy atom. The van der Waals surface area contributed by atoms with E-state index in [0.29, 0.717) is 18.7 Å². The lowest BCUT2D eigenvalue weighted by molar-refractivity contribution is 0.0955. The summed E-state index contributed by atoms with van der Waals surface area (Å²) >= 11 is 0. The molecule has 0 fully saturated rings. The number of hydrogen-bond donors (Lipinski definition) is 2. The van der Waals surface area contributed by atoms with Crippen LogP contribution in [0.3, 0.4) is 0 Å². The molecule has 0 atom stereocenters. The van der Waals surface area contributed by atoms with Crippen LogP contribution in [-0.4, -0.2) is 24.6 Å². The van der Waals surface area contributed by atoms with E-state index in [4.69, 9.17) is 4.65 Å². The second-order valence-corrected chi connectivity index (χ2v) is 4.44. The van der Waals surface area contributed by atoms with Gasteiger partial charge in [0.25, 0.3) is 5.91 Å². The number of hydrogen-bond acceptors (Lipinski definition) is 3. The number of rotatable bonds is 4. The summed E-state index contributed by atoms with van der Waals surface area (Å²) in [5.74, 6) is -0.0807. The number of fused-ring (bicyclic) bond motifs is 1. The lowest BCUT2D eigenvalue weighted by Gasteiger charge is -2.13. The maximum absolute atomic E-state index is 12.0. The number of benzene rings is 1. The monoisotopic (exact) mass is 247 g/mol. The molecule has 1 aliphatic heterocycles. The van der Waals surface area contributed by atoms with Gasteiger partial charge in [-0.2, -0.15) is 0 Å². The molecule has 18 heavy (non-hydrogen) atoms. The average Bonchev–Trinajstić information content (AvgIpc) is 2.72. The zero-order valence-electron chi connectivity index (χ0n) is 10.8. The van der Waals surface area contributed by atoms with Crippen molar-refractivity contribution in [3.05, 3.63) is 28.8 Å². The van der Waals surface area contributed by atoms with Crippen LogP contribution < -0.4 is 10.8 Å². The summed E-state index contributed by atoms with van der Waals surface area (Å²) in [7, 11) is -0.893. The lowest BCUT2D eigenvalue weighted by Crippen LogP contribution is -2.35. The number of amides is 1. The maximum Gasteiger partial charge on any atom is 0.492 e. The highest BCUT2D eigenvalue weighted by atomic mass is 16.5. The Kier molecular flexibility index (Phi) is 4.04. The summed E-state index contributed by atoms with van der Waals surface area (Å²) in [5.41, 5.74) is 3.35. The van der Waals surface area contributed by atoms with Crippen molar-refractivity contribution in [3.63, 3.8) is 0 Å². The first-order valence-corrected chi connectivity index (χ1v) is 6.41. The fourth-order valence-corrected chi connectivity index (χ4v) is 2.39. The molecule has 0 bridgehead atoms. The van der Waals surface area contributed by atoms with E-state index in [1.54, 1.807) is 0 Å². The van der Waals surface area contributed by atoms with Gasteiger partial charge in [-0.25, -0.2) is 0 Å². The molecule has 96 valence electrons. The molecular formula is C13H18BNO3. The maximum atomic E-state index is 12.0. The van der Waals surface area contributed by atoms with Gasteiger partial charge in [-0.1, -0.05) is 19.4 Å². The van der Waals surface area contributed by atoms with Crippen LogP contribution in [0.2, 0.25) is 0 Å². The Balaban J connectivity index is 2.47. The first-order chi connectivity index (χ1) is 8.69. The van der Waals surface area contributed by atoms with E-state index in [0.717, 1.165) is 29.4 Å². The first kappa shape index (κ1) is 13.1. The molecule has 0 saturated heterocycles. The molecule has 1 aromatic rings. The van der Waals surface area contributed by atoms with Gasteiger partial charge in [-0.05, 0) is 36.0 Å². The molecule has 0 aliphatic carbocycles. The second kappa shape index (κ2) is 5.54. The molecule has 0 saturated carbocycles. The molecule has 1 aliphatic rings. The molecule has 0 radical (unpaired) electrons. The van der Waals surface area contributed by atoms with Gasteiger partial charge in [0.1, 0.15) is 0 Å². The van der Waals surface area contributed by atoms with E-state index < -0.39 is 7.12 Å². The van der Waals surface area contributed by atoms with Crippen LogP contribution in [0.15, 0.2) is 12.1 Å². The fourth-order valence-electron chi connectivity index (χ4n) is 2.39. The summed E-state index contributed by atoms with van der Waals surface area (Å²) in [5, 5.41) is 12.7. The van der Waals surface area contributed by atoms with Crippen molar-refractivity contribution in [2.45, 2.75) is 33.3 Å². The minimum atomic E-state index is -0.893. The number of nitrogens with one attached hydrogen (secondary N) is 1. The van der Waals surface area contributed by atoms with E-state index in [2.05, 4.69) is 12.2 Å². The summed E-state index contributed by atoms with van der Waals surface area (Å²) in [6.45, 7) is 4.97. The van der Waals surface area contributed by atoms with Gasteiger partial charge >= 0.3 is 7.12 Å². The van der Waals surface area contributed by atoms with Gasteiger partial charge < -0.3 is 15.0 Å². The van der Waals surface area contributed by atoms with Crippen molar-refractivity contribution < 1.29 is 14.5 Å². The normalized spacial score (nSPS) is 13.6. The van der Waals surface area contributed by atoms with E-state index in [1.165, 1.54) is 0 Å². The van der Waals surface area contributed by atoms with Gasteiger partial charge in [0.2, 0.25) is 0 Å². The van der Waals surface area contributed by atoms with Crippen LogP contribution in [0.4, 0.5) is 0 Å². The third kappa shape index (κ3) is 2.28. The minimum absolute atomic E-state index is 0.0807. The first-order valence-electron chi connectivity index (χ1n) is 6.41. The molecule has 5 heteroatoms. The molecule has 0 aromatic heterocycles. The highest BCUT2D eigenvalue weighted by Crippen LogP contribution is 2.18. The number of carbonyl (C=O) groups is 1. The fraction of sp³-hybridized carbons (Fsp3) is 0.462. The van der Waals surface area contributed by atoms with Crippen LogP contribution >= 0.6 is 0 Å². The standard InChI is InChI=1S/C13H18BNO3/c1-3-5-10-11(13(16)15-4-2)7-6-9-8-18-14(17)12(9)10/h6-7,17H,3-5,8H2,1-2H3,(H,15,16). The van der Waals surface area contributed by atoms with Crippen molar-refractivity contribution in [1.29, 1.82) is 0 Å². The van der Waals surface area contributed by atoms with Gasteiger partial charge in [0.15, 0.2) is 0 Å². The van der Waals surface area contributed by atoms with Gasteiger partial charge in [-0.3, -0.25) is 4.79 Å². The molecular weight excluding hydrogens is 229 g/mol. The molecule has 2 N–H and O–H groups in total. The van der Waals surface area contributed by atoms with E-state index >= 15 is 0 Å². The van der Waals surface area contributed by atoms with Gasteiger partial charge in [-0.15, -0.1) is 0 Å². The Bertz CT molecular complexity index is 462. The van der Waals surface area contributed by atoms with Crippen LogP contribution in [0.25, 0.3) is 0 Å². The van der Waals surface area contributed by atoms with Crippen LogP contribution in [0, 0.1) is 0 Å². The summed E-state index contributed by atoms with van der Waals surface area (Å²) < 4.78 is 5.23. The third-order valence-electron chi connectivity index (χ3n) is 3.17. The smallest absolute Gasteiger partial charge is 0.423 e. The van der Waals surface area contributed by atoms with Gasteiger partial charge in [0, 0.05) is 12.1 Å². The van der Waals surface area contributed by atoms with Crippen molar-refractivity contribution >= 4 is 18.5 Å².